The smallest absolute Gasteiger partial charge is 0.338 e. The topological polar surface area (TPSA) is 106 Å². The standard InChI is InChI=1S/C25H27N3O5S/c1-3-33-25(30)19-9-12-22-21(16-19)23(15-17(2)26-22)27-24(29)18-7-10-20(11-8-18)34(31,32)28-13-5-4-6-14-28/h7-12,15-16H,3-6,13-14H2,1-2H3,(H,26,27,29). The lowest BCUT2D eigenvalue weighted by molar-refractivity contribution is 0.0526. The molecule has 1 aromatic heterocycles. The third-order valence-corrected chi connectivity index (χ3v) is 7.68. The lowest BCUT2D eigenvalue weighted by Crippen LogP contribution is -2.35. The van der Waals surface area contributed by atoms with Gasteiger partial charge in [0, 0.05) is 29.7 Å². The zero-order valence-electron chi connectivity index (χ0n) is 19.2. The number of aryl methyl sites for hydroxylation is 1. The summed E-state index contributed by atoms with van der Waals surface area (Å²) in [5, 5.41) is 3.48. The predicted molar refractivity (Wildman–Crippen MR) is 129 cm³/mol. The number of fused-ring (bicyclic) bond motifs is 1. The number of rotatable bonds is 6. The van der Waals surface area contributed by atoms with E-state index in [1.807, 2.05) is 6.92 Å². The lowest BCUT2D eigenvalue weighted by atomic mass is 10.1. The SMILES string of the molecule is CCOC(=O)c1ccc2nc(C)cc(NC(=O)c3ccc(S(=O)(=O)N4CCCCC4)cc3)c2c1. The first kappa shape index (κ1) is 23.8. The van der Waals surface area contributed by atoms with Crippen molar-refractivity contribution in [2.75, 3.05) is 25.0 Å². The van der Waals surface area contributed by atoms with Crippen LogP contribution >= 0.6 is 0 Å². The van der Waals surface area contributed by atoms with Crippen molar-refractivity contribution in [3.05, 3.63) is 65.4 Å². The van der Waals surface area contributed by atoms with Crippen LogP contribution in [0.4, 0.5) is 5.69 Å². The maximum absolute atomic E-state index is 13.0. The molecule has 1 amide bonds. The van der Waals surface area contributed by atoms with Crippen LogP contribution in [-0.4, -0.2) is 49.3 Å². The van der Waals surface area contributed by atoms with Crippen LogP contribution in [-0.2, 0) is 14.8 Å². The van der Waals surface area contributed by atoms with E-state index in [0.717, 1.165) is 19.3 Å². The number of nitrogens with one attached hydrogen (secondary N) is 1. The van der Waals surface area contributed by atoms with Gasteiger partial charge in [0.15, 0.2) is 0 Å². The fourth-order valence-electron chi connectivity index (χ4n) is 4.03. The maximum atomic E-state index is 13.0. The van der Waals surface area contributed by atoms with Crippen LogP contribution in [0.15, 0.2) is 53.4 Å². The van der Waals surface area contributed by atoms with Gasteiger partial charge in [-0.25, -0.2) is 13.2 Å². The van der Waals surface area contributed by atoms with E-state index in [0.29, 0.717) is 46.5 Å². The number of pyridine rings is 1. The van der Waals surface area contributed by atoms with E-state index in [1.165, 1.54) is 28.6 Å². The Kier molecular flexibility index (Phi) is 6.95. The van der Waals surface area contributed by atoms with E-state index < -0.39 is 21.9 Å². The normalized spacial score (nSPS) is 14.6. The number of amides is 1. The van der Waals surface area contributed by atoms with Crippen molar-refractivity contribution in [1.82, 2.24) is 9.29 Å². The molecule has 0 atom stereocenters. The Hall–Kier alpha value is -3.30. The summed E-state index contributed by atoms with van der Waals surface area (Å²) in [4.78, 5) is 29.8. The third kappa shape index (κ3) is 4.95. The number of hydrogen-bond acceptors (Lipinski definition) is 6. The van der Waals surface area contributed by atoms with Gasteiger partial charge in [-0.15, -0.1) is 0 Å². The molecule has 1 fully saturated rings. The van der Waals surface area contributed by atoms with Crippen molar-refractivity contribution >= 4 is 38.5 Å². The molecule has 0 radical (unpaired) electrons. The Bertz CT molecular complexity index is 1330. The number of aromatic nitrogens is 1. The van der Waals surface area contributed by atoms with Gasteiger partial charge in [-0.1, -0.05) is 6.42 Å². The third-order valence-electron chi connectivity index (χ3n) is 5.77. The van der Waals surface area contributed by atoms with E-state index in [2.05, 4.69) is 10.3 Å². The number of esters is 1. The summed E-state index contributed by atoms with van der Waals surface area (Å²) in [7, 11) is -3.57. The fourth-order valence-corrected chi connectivity index (χ4v) is 5.55. The number of ether oxygens (including phenoxy) is 1. The van der Waals surface area contributed by atoms with Crippen molar-refractivity contribution < 1.29 is 22.7 Å². The summed E-state index contributed by atoms with van der Waals surface area (Å²) < 4.78 is 32.3. The number of piperidine rings is 1. The highest BCUT2D eigenvalue weighted by atomic mass is 32.2. The fraction of sp³-hybridized carbons (Fsp3) is 0.320. The van der Waals surface area contributed by atoms with Crippen molar-refractivity contribution in [1.29, 1.82) is 0 Å². The average molecular weight is 482 g/mol. The maximum Gasteiger partial charge on any atom is 0.338 e. The van der Waals surface area contributed by atoms with Crippen molar-refractivity contribution in [2.24, 2.45) is 0 Å². The number of sulfonamides is 1. The molecule has 9 heteroatoms. The van der Waals surface area contributed by atoms with Crippen LogP contribution in [0, 0.1) is 6.92 Å². The number of carbonyl (C=O) groups excluding carboxylic acids is 2. The first-order valence-corrected chi connectivity index (χ1v) is 12.7. The number of carbonyl (C=O) groups is 2. The van der Waals surface area contributed by atoms with Gasteiger partial charge < -0.3 is 10.1 Å². The molecule has 0 bridgehead atoms. The highest BCUT2D eigenvalue weighted by Gasteiger charge is 2.26. The Balaban J connectivity index is 1.59. The van der Waals surface area contributed by atoms with Gasteiger partial charge in [-0.3, -0.25) is 9.78 Å². The zero-order valence-corrected chi connectivity index (χ0v) is 20.0. The number of benzene rings is 2. The van der Waals surface area contributed by atoms with Crippen LogP contribution in [0.5, 0.6) is 0 Å². The summed E-state index contributed by atoms with van der Waals surface area (Å²) in [6, 6.07) is 12.7. The molecule has 0 unspecified atom stereocenters. The molecular formula is C25H27N3O5S. The molecule has 2 aromatic carbocycles. The Morgan fingerprint density at radius 2 is 1.68 bits per heavy atom. The first-order chi connectivity index (χ1) is 16.3. The highest BCUT2D eigenvalue weighted by Crippen LogP contribution is 2.26. The molecular weight excluding hydrogens is 454 g/mol. The molecule has 0 spiro atoms. The molecule has 1 N–H and O–H groups in total. The van der Waals surface area contributed by atoms with E-state index in [4.69, 9.17) is 4.74 Å². The molecule has 1 aliphatic heterocycles. The quantitative estimate of drug-likeness (QED) is 0.530. The summed E-state index contributed by atoms with van der Waals surface area (Å²) in [6.07, 6.45) is 2.75. The summed E-state index contributed by atoms with van der Waals surface area (Å²) in [5.41, 5.74) is 2.52. The molecule has 0 saturated carbocycles. The molecule has 1 saturated heterocycles. The largest absolute Gasteiger partial charge is 0.462 e. The molecule has 4 rings (SSSR count). The molecule has 1 aliphatic rings. The van der Waals surface area contributed by atoms with Crippen LogP contribution in [0.25, 0.3) is 10.9 Å². The second-order valence-electron chi connectivity index (χ2n) is 8.21. The Labute approximate surface area is 199 Å². The molecule has 8 nitrogen and oxygen atoms in total. The second kappa shape index (κ2) is 9.90. The van der Waals surface area contributed by atoms with E-state index >= 15 is 0 Å². The van der Waals surface area contributed by atoms with Crippen LogP contribution in [0.3, 0.4) is 0 Å². The van der Waals surface area contributed by atoms with Crippen molar-refractivity contribution in [3.8, 4) is 0 Å². The van der Waals surface area contributed by atoms with Gasteiger partial charge in [0.1, 0.15) is 0 Å². The Morgan fingerprint density at radius 1 is 1.00 bits per heavy atom. The van der Waals surface area contributed by atoms with E-state index in [9.17, 15) is 18.0 Å². The van der Waals surface area contributed by atoms with Crippen LogP contribution in [0.1, 0.15) is 52.6 Å². The molecule has 34 heavy (non-hydrogen) atoms. The minimum absolute atomic E-state index is 0.176. The Morgan fingerprint density at radius 3 is 2.35 bits per heavy atom. The van der Waals surface area contributed by atoms with Gasteiger partial charge in [-0.05, 0) is 75.2 Å². The highest BCUT2D eigenvalue weighted by molar-refractivity contribution is 7.89. The minimum atomic E-state index is -3.57. The van der Waals surface area contributed by atoms with Crippen LogP contribution in [0.2, 0.25) is 0 Å². The zero-order chi connectivity index (χ0) is 24.3. The average Bonchev–Trinajstić information content (AvgIpc) is 2.84. The van der Waals surface area contributed by atoms with Gasteiger partial charge >= 0.3 is 5.97 Å². The molecule has 2 heterocycles. The number of anilines is 1. The van der Waals surface area contributed by atoms with E-state index in [-0.39, 0.29) is 11.5 Å². The van der Waals surface area contributed by atoms with Crippen molar-refractivity contribution in [2.45, 2.75) is 38.0 Å². The second-order valence-corrected chi connectivity index (χ2v) is 10.1. The summed E-state index contributed by atoms with van der Waals surface area (Å²) in [5.74, 6) is -0.844. The summed E-state index contributed by atoms with van der Waals surface area (Å²) >= 11 is 0. The van der Waals surface area contributed by atoms with Crippen LogP contribution < -0.4 is 5.32 Å². The number of hydrogen-bond donors (Lipinski definition) is 1. The van der Waals surface area contributed by atoms with Gasteiger partial charge in [-0.2, -0.15) is 4.31 Å². The first-order valence-electron chi connectivity index (χ1n) is 11.3. The van der Waals surface area contributed by atoms with Gasteiger partial charge in [0.25, 0.3) is 5.91 Å². The molecule has 178 valence electrons. The van der Waals surface area contributed by atoms with Gasteiger partial charge in [0.2, 0.25) is 10.0 Å². The summed E-state index contributed by atoms with van der Waals surface area (Å²) in [6.45, 7) is 4.85. The van der Waals surface area contributed by atoms with Crippen molar-refractivity contribution in [3.63, 3.8) is 0 Å². The molecule has 3 aromatic rings. The monoisotopic (exact) mass is 481 g/mol. The lowest BCUT2D eigenvalue weighted by Gasteiger charge is -2.25. The van der Waals surface area contributed by atoms with Gasteiger partial charge in [0.05, 0.1) is 28.3 Å². The molecule has 0 aliphatic carbocycles. The predicted octanol–water partition coefficient (Wildman–Crippen LogP) is 4.15. The minimum Gasteiger partial charge on any atom is -0.462 e. The van der Waals surface area contributed by atoms with E-state index in [1.54, 1.807) is 31.2 Å². The number of nitrogens with zero attached hydrogens (tertiary/aromatic N) is 2.